The van der Waals surface area contributed by atoms with Crippen molar-refractivity contribution in [1.82, 2.24) is 9.80 Å². The SMILES string of the molecule is CN(CC1CCCN1C)CC1(CBr)CCCCC1. The van der Waals surface area contributed by atoms with Crippen molar-refractivity contribution < 1.29 is 0 Å². The third-order valence-electron chi connectivity index (χ3n) is 5.00. The number of likely N-dealkylation sites (N-methyl/N-ethyl adjacent to an activating group) is 2. The molecule has 0 aromatic heterocycles. The molecule has 2 nitrogen and oxygen atoms in total. The monoisotopic (exact) mass is 316 g/mol. The van der Waals surface area contributed by atoms with Crippen LogP contribution in [0.15, 0.2) is 0 Å². The molecule has 106 valence electrons. The molecule has 0 aromatic carbocycles. The molecule has 2 rings (SSSR count). The van der Waals surface area contributed by atoms with Gasteiger partial charge in [-0.3, -0.25) is 0 Å². The lowest BCUT2D eigenvalue weighted by Crippen LogP contribution is -2.43. The first kappa shape index (κ1) is 14.8. The van der Waals surface area contributed by atoms with Gasteiger partial charge in [-0.15, -0.1) is 0 Å². The Morgan fingerprint density at radius 3 is 2.50 bits per heavy atom. The molecule has 1 saturated carbocycles. The molecule has 1 atom stereocenters. The predicted octanol–water partition coefficient (Wildman–Crippen LogP) is 3.36. The Balaban J connectivity index is 1.83. The summed E-state index contributed by atoms with van der Waals surface area (Å²) in [5, 5.41) is 1.19. The fraction of sp³-hybridized carbons (Fsp3) is 1.00. The Kier molecular flexibility index (Phi) is 5.52. The average Bonchev–Trinajstić information content (AvgIpc) is 2.76. The third-order valence-corrected chi connectivity index (χ3v) is 6.19. The molecule has 2 aliphatic rings. The average molecular weight is 317 g/mol. The largest absolute Gasteiger partial charge is 0.304 e. The van der Waals surface area contributed by atoms with E-state index in [0.29, 0.717) is 5.41 Å². The van der Waals surface area contributed by atoms with Gasteiger partial charge in [0.2, 0.25) is 0 Å². The van der Waals surface area contributed by atoms with Crippen LogP contribution >= 0.6 is 15.9 Å². The topological polar surface area (TPSA) is 6.48 Å². The van der Waals surface area contributed by atoms with Gasteiger partial charge in [0.25, 0.3) is 0 Å². The smallest absolute Gasteiger partial charge is 0.0220 e. The van der Waals surface area contributed by atoms with E-state index in [1.54, 1.807) is 0 Å². The second-order valence-electron chi connectivity index (χ2n) is 6.67. The molecule has 18 heavy (non-hydrogen) atoms. The van der Waals surface area contributed by atoms with E-state index in [-0.39, 0.29) is 0 Å². The van der Waals surface area contributed by atoms with E-state index in [4.69, 9.17) is 0 Å². The number of alkyl halides is 1. The van der Waals surface area contributed by atoms with Crippen LogP contribution in [0.5, 0.6) is 0 Å². The fourth-order valence-corrected chi connectivity index (χ4v) is 4.58. The van der Waals surface area contributed by atoms with E-state index in [2.05, 4.69) is 39.8 Å². The van der Waals surface area contributed by atoms with Crippen LogP contribution in [0.1, 0.15) is 44.9 Å². The summed E-state index contributed by atoms with van der Waals surface area (Å²) in [7, 11) is 4.61. The van der Waals surface area contributed by atoms with Gasteiger partial charge in [0.15, 0.2) is 0 Å². The maximum absolute atomic E-state index is 3.78. The third kappa shape index (κ3) is 3.71. The molecule has 0 amide bonds. The first-order valence-electron chi connectivity index (χ1n) is 7.60. The zero-order valence-corrected chi connectivity index (χ0v) is 13.7. The maximum atomic E-state index is 3.78. The Morgan fingerprint density at radius 2 is 1.94 bits per heavy atom. The molecule has 3 heteroatoms. The molecule has 1 aliphatic heterocycles. The molecule has 0 N–H and O–H groups in total. The van der Waals surface area contributed by atoms with E-state index in [0.717, 1.165) is 6.04 Å². The number of likely N-dealkylation sites (tertiary alicyclic amines) is 1. The first-order valence-corrected chi connectivity index (χ1v) is 8.72. The van der Waals surface area contributed by atoms with Crippen molar-refractivity contribution in [2.45, 2.75) is 51.0 Å². The number of hydrogen-bond donors (Lipinski definition) is 0. The Morgan fingerprint density at radius 1 is 1.22 bits per heavy atom. The zero-order chi connectivity index (χ0) is 13.0. The number of halogens is 1. The summed E-state index contributed by atoms with van der Waals surface area (Å²) in [6, 6.07) is 0.797. The van der Waals surface area contributed by atoms with Crippen molar-refractivity contribution in [3.63, 3.8) is 0 Å². The first-order chi connectivity index (χ1) is 8.65. The lowest BCUT2D eigenvalue weighted by Gasteiger charge is -2.40. The molecule has 1 aliphatic carbocycles. The van der Waals surface area contributed by atoms with Crippen LogP contribution in [0, 0.1) is 5.41 Å². The van der Waals surface area contributed by atoms with Gasteiger partial charge in [-0.1, -0.05) is 35.2 Å². The second kappa shape index (κ2) is 6.71. The standard InChI is InChI=1S/C15H29BrN2/c1-17(11-14-7-6-10-18(14)2)13-15(12-16)8-4-3-5-9-15/h14H,3-13H2,1-2H3. The summed E-state index contributed by atoms with van der Waals surface area (Å²) >= 11 is 3.78. The molecule has 0 bridgehead atoms. The highest BCUT2D eigenvalue weighted by Gasteiger charge is 2.33. The molecule has 1 unspecified atom stereocenters. The van der Waals surface area contributed by atoms with Gasteiger partial charge >= 0.3 is 0 Å². The van der Waals surface area contributed by atoms with Crippen LogP contribution in [0.3, 0.4) is 0 Å². The zero-order valence-electron chi connectivity index (χ0n) is 12.1. The summed E-state index contributed by atoms with van der Waals surface area (Å²) in [5.41, 5.74) is 0.560. The number of rotatable bonds is 5. The number of nitrogens with zero attached hydrogens (tertiary/aromatic N) is 2. The van der Waals surface area contributed by atoms with Crippen molar-refractivity contribution in [2.75, 3.05) is 39.1 Å². The van der Waals surface area contributed by atoms with Crippen molar-refractivity contribution in [2.24, 2.45) is 5.41 Å². The van der Waals surface area contributed by atoms with Crippen molar-refractivity contribution >= 4 is 15.9 Å². The quantitative estimate of drug-likeness (QED) is 0.718. The van der Waals surface area contributed by atoms with Gasteiger partial charge in [0.1, 0.15) is 0 Å². The molecule has 0 radical (unpaired) electrons. The molecular weight excluding hydrogens is 288 g/mol. The van der Waals surface area contributed by atoms with Gasteiger partial charge in [-0.2, -0.15) is 0 Å². The van der Waals surface area contributed by atoms with Crippen molar-refractivity contribution in [3.05, 3.63) is 0 Å². The van der Waals surface area contributed by atoms with Crippen LogP contribution in [0.2, 0.25) is 0 Å². The Labute approximate surface area is 121 Å². The highest BCUT2D eigenvalue weighted by Crippen LogP contribution is 2.38. The van der Waals surface area contributed by atoms with Crippen molar-refractivity contribution in [3.8, 4) is 0 Å². The highest BCUT2D eigenvalue weighted by atomic mass is 79.9. The maximum Gasteiger partial charge on any atom is 0.0220 e. The van der Waals surface area contributed by atoms with Crippen LogP contribution in [-0.2, 0) is 0 Å². The molecule has 2 fully saturated rings. The second-order valence-corrected chi connectivity index (χ2v) is 7.23. The summed E-state index contributed by atoms with van der Waals surface area (Å²) in [6.45, 7) is 3.83. The van der Waals surface area contributed by atoms with E-state index in [1.165, 1.54) is 69.9 Å². The molecule has 1 heterocycles. The van der Waals surface area contributed by atoms with E-state index < -0.39 is 0 Å². The Bertz CT molecular complexity index is 251. The summed E-state index contributed by atoms with van der Waals surface area (Å²) in [6.07, 6.45) is 9.93. The fourth-order valence-electron chi connectivity index (χ4n) is 3.84. The van der Waals surface area contributed by atoms with Crippen LogP contribution in [0.25, 0.3) is 0 Å². The van der Waals surface area contributed by atoms with Gasteiger partial charge in [-0.05, 0) is 51.7 Å². The van der Waals surface area contributed by atoms with Gasteiger partial charge in [0, 0.05) is 24.5 Å². The normalized spacial score (nSPS) is 29.0. The minimum absolute atomic E-state index is 0.560. The van der Waals surface area contributed by atoms with Crippen LogP contribution in [0.4, 0.5) is 0 Å². The minimum atomic E-state index is 0.560. The Hall–Kier alpha value is 0.400. The van der Waals surface area contributed by atoms with E-state index in [9.17, 15) is 0 Å². The summed E-state index contributed by atoms with van der Waals surface area (Å²) in [4.78, 5) is 5.14. The van der Waals surface area contributed by atoms with Gasteiger partial charge in [0.05, 0.1) is 0 Å². The predicted molar refractivity (Wildman–Crippen MR) is 82.5 cm³/mol. The van der Waals surface area contributed by atoms with Crippen LogP contribution < -0.4 is 0 Å². The molecule has 1 saturated heterocycles. The van der Waals surface area contributed by atoms with E-state index >= 15 is 0 Å². The van der Waals surface area contributed by atoms with Gasteiger partial charge in [-0.25, -0.2) is 0 Å². The lowest BCUT2D eigenvalue weighted by atomic mass is 9.75. The summed E-state index contributed by atoms with van der Waals surface area (Å²) in [5.74, 6) is 0. The number of hydrogen-bond acceptors (Lipinski definition) is 2. The molecule has 0 aromatic rings. The van der Waals surface area contributed by atoms with Crippen molar-refractivity contribution in [1.29, 1.82) is 0 Å². The highest BCUT2D eigenvalue weighted by molar-refractivity contribution is 9.09. The summed E-state index contributed by atoms with van der Waals surface area (Å²) < 4.78 is 0. The van der Waals surface area contributed by atoms with Crippen LogP contribution in [-0.4, -0.2) is 54.9 Å². The van der Waals surface area contributed by atoms with E-state index in [1.807, 2.05) is 0 Å². The molecular formula is C15H29BrN2. The van der Waals surface area contributed by atoms with Gasteiger partial charge < -0.3 is 9.80 Å². The lowest BCUT2D eigenvalue weighted by molar-refractivity contribution is 0.125. The minimum Gasteiger partial charge on any atom is -0.304 e. The molecule has 0 spiro atoms.